The molecule has 120 valence electrons. The Balaban J connectivity index is 1.65. The van der Waals surface area contributed by atoms with Crippen molar-refractivity contribution in [2.24, 2.45) is 0 Å². The minimum absolute atomic E-state index is 0.406. The molecule has 1 unspecified atom stereocenters. The summed E-state index contributed by atoms with van der Waals surface area (Å²) in [7, 11) is 1.61. The normalized spacial score (nSPS) is 12.5. The lowest BCUT2D eigenvalue weighted by atomic mass is 10.1. The van der Waals surface area contributed by atoms with Crippen LogP contribution in [-0.2, 0) is 6.54 Å². The number of aromatic nitrogens is 2. The minimum Gasteiger partial charge on any atom is -0.497 e. The van der Waals surface area contributed by atoms with Gasteiger partial charge < -0.3 is 19.6 Å². The molecule has 3 rings (SSSR count). The number of hydrogen-bond donors (Lipinski definition) is 2. The molecule has 0 aliphatic rings. The summed E-state index contributed by atoms with van der Waals surface area (Å²) in [5.74, 6) is 0.728. The van der Waals surface area contributed by atoms with Crippen LogP contribution in [0.4, 0.5) is 0 Å². The van der Waals surface area contributed by atoms with Gasteiger partial charge in [-0.25, -0.2) is 4.98 Å². The van der Waals surface area contributed by atoms with Crippen molar-refractivity contribution >= 4 is 17.2 Å². The average molecular weight is 332 g/mol. The van der Waals surface area contributed by atoms with E-state index in [0.717, 1.165) is 22.7 Å². The Bertz CT molecular complexity index is 803. The van der Waals surface area contributed by atoms with Gasteiger partial charge in [-0.15, -0.1) is 0 Å². The van der Waals surface area contributed by atoms with Gasteiger partial charge in [0, 0.05) is 19.3 Å². The first kappa shape index (κ1) is 15.8. The average Bonchev–Trinajstić information content (AvgIpc) is 2.90. The number of imidazole rings is 1. The molecular formula is C17H18ClN3O2. The Labute approximate surface area is 139 Å². The second-order valence-corrected chi connectivity index (χ2v) is 5.56. The topological polar surface area (TPSA) is 58.8 Å². The number of nitrogens with zero attached hydrogens (tertiary/aromatic N) is 2. The maximum atomic E-state index is 10.3. The molecule has 6 heteroatoms. The molecule has 0 saturated carbocycles. The van der Waals surface area contributed by atoms with Crippen molar-refractivity contribution < 1.29 is 9.84 Å². The van der Waals surface area contributed by atoms with Gasteiger partial charge in [0.15, 0.2) is 5.15 Å². The van der Waals surface area contributed by atoms with Crippen molar-refractivity contribution in [2.45, 2.75) is 12.6 Å². The van der Waals surface area contributed by atoms with Crippen molar-refractivity contribution in [1.82, 2.24) is 14.7 Å². The number of nitrogens with one attached hydrogen (secondary N) is 1. The van der Waals surface area contributed by atoms with Crippen molar-refractivity contribution in [2.75, 3.05) is 13.7 Å². The maximum Gasteiger partial charge on any atom is 0.152 e. The Morgan fingerprint density at radius 1 is 1.30 bits per heavy atom. The summed E-state index contributed by atoms with van der Waals surface area (Å²) in [6.07, 6.45) is 1.30. The summed E-state index contributed by atoms with van der Waals surface area (Å²) in [6.45, 7) is 0.925. The largest absolute Gasteiger partial charge is 0.497 e. The lowest BCUT2D eigenvalue weighted by molar-refractivity contribution is 0.174. The van der Waals surface area contributed by atoms with E-state index in [4.69, 9.17) is 16.3 Å². The fourth-order valence-corrected chi connectivity index (χ4v) is 2.71. The van der Waals surface area contributed by atoms with Crippen LogP contribution in [0.15, 0.2) is 48.7 Å². The first-order valence-corrected chi connectivity index (χ1v) is 7.71. The lowest BCUT2D eigenvalue weighted by Crippen LogP contribution is -2.22. The van der Waals surface area contributed by atoms with Crippen molar-refractivity contribution in [3.8, 4) is 5.75 Å². The maximum absolute atomic E-state index is 10.3. The van der Waals surface area contributed by atoms with Crippen LogP contribution in [0.1, 0.15) is 17.4 Å². The van der Waals surface area contributed by atoms with Gasteiger partial charge in [-0.05, 0) is 29.8 Å². The number of halogens is 1. The Hall–Kier alpha value is -2.08. The summed E-state index contributed by atoms with van der Waals surface area (Å²) >= 11 is 6.19. The highest BCUT2D eigenvalue weighted by molar-refractivity contribution is 6.30. The van der Waals surface area contributed by atoms with Crippen LogP contribution in [0.3, 0.4) is 0 Å². The molecule has 2 aromatic heterocycles. The van der Waals surface area contributed by atoms with Gasteiger partial charge in [0.05, 0.1) is 18.9 Å². The van der Waals surface area contributed by atoms with Gasteiger partial charge in [0.25, 0.3) is 0 Å². The molecular weight excluding hydrogens is 314 g/mol. The molecule has 5 nitrogen and oxygen atoms in total. The molecule has 1 aromatic carbocycles. The highest BCUT2D eigenvalue weighted by atomic mass is 35.5. The Morgan fingerprint density at radius 3 is 3.00 bits per heavy atom. The molecule has 0 amide bonds. The third-order valence-electron chi connectivity index (χ3n) is 3.69. The van der Waals surface area contributed by atoms with E-state index >= 15 is 0 Å². The van der Waals surface area contributed by atoms with E-state index in [1.807, 2.05) is 53.1 Å². The summed E-state index contributed by atoms with van der Waals surface area (Å²) in [5, 5.41) is 14.0. The van der Waals surface area contributed by atoms with Crippen LogP contribution in [0, 0.1) is 0 Å². The smallest absolute Gasteiger partial charge is 0.152 e. The number of aliphatic hydroxyl groups excluding tert-OH is 1. The SMILES string of the molecule is COc1cccc(C(O)CNCc2c(Cl)nc3ccccn23)c1. The van der Waals surface area contributed by atoms with Gasteiger partial charge in [-0.1, -0.05) is 29.8 Å². The third-order valence-corrected chi connectivity index (χ3v) is 3.99. The highest BCUT2D eigenvalue weighted by Crippen LogP contribution is 2.20. The van der Waals surface area contributed by atoms with Crippen molar-refractivity contribution in [3.05, 3.63) is 65.1 Å². The molecule has 0 aliphatic carbocycles. The second kappa shape index (κ2) is 7.00. The molecule has 0 saturated heterocycles. The molecule has 0 bridgehead atoms. The molecule has 23 heavy (non-hydrogen) atoms. The Morgan fingerprint density at radius 2 is 2.17 bits per heavy atom. The summed E-state index contributed by atoms with van der Waals surface area (Å²) < 4.78 is 7.11. The van der Waals surface area contributed by atoms with E-state index in [0.29, 0.717) is 18.2 Å². The fraction of sp³-hybridized carbons (Fsp3) is 0.235. The number of aliphatic hydroxyl groups is 1. The molecule has 0 spiro atoms. The van der Waals surface area contributed by atoms with E-state index in [-0.39, 0.29) is 0 Å². The summed E-state index contributed by atoms with van der Waals surface area (Å²) in [6, 6.07) is 13.2. The third kappa shape index (κ3) is 3.47. The van der Waals surface area contributed by atoms with Gasteiger partial charge >= 0.3 is 0 Å². The van der Waals surface area contributed by atoms with Crippen LogP contribution in [-0.4, -0.2) is 28.1 Å². The van der Waals surface area contributed by atoms with Crippen LogP contribution >= 0.6 is 11.6 Å². The zero-order valence-corrected chi connectivity index (χ0v) is 13.5. The second-order valence-electron chi connectivity index (χ2n) is 5.20. The predicted molar refractivity (Wildman–Crippen MR) is 89.9 cm³/mol. The number of hydrogen-bond acceptors (Lipinski definition) is 4. The van der Waals surface area contributed by atoms with Gasteiger partial charge in [0.2, 0.25) is 0 Å². The van der Waals surface area contributed by atoms with E-state index in [2.05, 4.69) is 10.3 Å². The van der Waals surface area contributed by atoms with E-state index in [9.17, 15) is 5.11 Å². The number of methoxy groups -OCH3 is 1. The standard InChI is InChI=1S/C17H18ClN3O2/c1-23-13-6-4-5-12(9-13)15(22)11-19-10-14-17(18)20-16-7-2-3-8-21(14)16/h2-9,15,19,22H,10-11H2,1H3. The number of pyridine rings is 1. The number of rotatable bonds is 6. The Kier molecular flexibility index (Phi) is 4.81. The molecule has 2 N–H and O–H groups in total. The quantitative estimate of drug-likeness (QED) is 0.729. The highest BCUT2D eigenvalue weighted by Gasteiger charge is 2.12. The van der Waals surface area contributed by atoms with E-state index < -0.39 is 6.10 Å². The molecule has 3 aromatic rings. The van der Waals surface area contributed by atoms with Crippen molar-refractivity contribution in [1.29, 1.82) is 0 Å². The lowest BCUT2D eigenvalue weighted by Gasteiger charge is -2.13. The van der Waals surface area contributed by atoms with Gasteiger partial charge in [0.1, 0.15) is 11.4 Å². The van der Waals surface area contributed by atoms with E-state index in [1.165, 1.54) is 0 Å². The molecule has 2 heterocycles. The zero-order valence-electron chi connectivity index (χ0n) is 12.7. The monoisotopic (exact) mass is 331 g/mol. The fourth-order valence-electron chi connectivity index (χ4n) is 2.47. The number of fused-ring (bicyclic) bond motifs is 1. The first-order chi connectivity index (χ1) is 11.2. The van der Waals surface area contributed by atoms with Gasteiger partial charge in [-0.3, -0.25) is 0 Å². The van der Waals surface area contributed by atoms with Crippen LogP contribution in [0.2, 0.25) is 5.15 Å². The van der Waals surface area contributed by atoms with Crippen molar-refractivity contribution in [3.63, 3.8) is 0 Å². The minimum atomic E-state index is -0.622. The molecule has 0 aliphatic heterocycles. The van der Waals surface area contributed by atoms with Crippen LogP contribution in [0.25, 0.3) is 5.65 Å². The van der Waals surface area contributed by atoms with E-state index in [1.54, 1.807) is 7.11 Å². The number of ether oxygens (including phenoxy) is 1. The molecule has 0 fully saturated rings. The number of benzene rings is 1. The first-order valence-electron chi connectivity index (χ1n) is 7.33. The summed E-state index contributed by atoms with van der Waals surface area (Å²) in [5.41, 5.74) is 2.49. The van der Waals surface area contributed by atoms with Crippen LogP contribution in [0.5, 0.6) is 5.75 Å². The van der Waals surface area contributed by atoms with Crippen LogP contribution < -0.4 is 10.1 Å². The zero-order chi connectivity index (χ0) is 16.2. The summed E-state index contributed by atoms with van der Waals surface area (Å²) in [4.78, 5) is 4.30. The molecule has 0 radical (unpaired) electrons. The molecule has 1 atom stereocenters. The van der Waals surface area contributed by atoms with Gasteiger partial charge in [-0.2, -0.15) is 0 Å². The predicted octanol–water partition coefficient (Wildman–Crippen LogP) is 2.82.